The van der Waals surface area contributed by atoms with Crippen LogP contribution < -0.4 is 0 Å². The van der Waals surface area contributed by atoms with Crippen molar-refractivity contribution < 1.29 is 19.4 Å². The normalized spacial score (nSPS) is 12.2. The maximum absolute atomic E-state index is 12.2. The summed E-state index contributed by atoms with van der Waals surface area (Å²) in [6.07, 6.45) is 45.9. The highest BCUT2D eigenvalue weighted by atomic mass is 16.6. The first-order chi connectivity index (χ1) is 22.7. The van der Waals surface area contributed by atoms with Crippen LogP contribution >= 0.6 is 0 Å². The van der Waals surface area contributed by atoms with Crippen molar-refractivity contribution in [2.45, 2.75) is 245 Å². The van der Waals surface area contributed by atoms with Crippen molar-refractivity contribution in [1.29, 1.82) is 0 Å². The number of carbonyl (C=O) groups excluding carboxylic acids is 1. The van der Waals surface area contributed by atoms with Crippen molar-refractivity contribution in [3.8, 4) is 0 Å². The van der Waals surface area contributed by atoms with E-state index in [0.717, 1.165) is 19.3 Å². The first-order valence-electron chi connectivity index (χ1n) is 21.1. The van der Waals surface area contributed by atoms with Gasteiger partial charge in [0.05, 0.1) is 13.2 Å². The zero-order chi connectivity index (χ0) is 33.4. The largest absolute Gasteiger partial charge is 0.457 e. The van der Waals surface area contributed by atoms with Crippen LogP contribution in [0.1, 0.15) is 239 Å². The summed E-state index contributed by atoms with van der Waals surface area (Å²) in [4.78, 5) is 12.2. The molecule has 0 saturated heterocycles. The molecule has 0 radical (unpaired) electrons. The van der Waals surface area contributed by atoms with Crippen LogP contribution in [0.3, 0.4) is 0 Å². The van der Waals surface area contributed by atoms with Gasteiger partial charge in [-0.2, -0.15) is 0 Å². The summed E-state index contributed by atoms with van der Waals surface area (Å²) in [5.41, 5.74) is 0. The summed E-state index contributed by atoms with van der Waals surface area (Å²) >= 11 is 0. The second-order valence-corrected chi connectivity index (χ2v) is 14.4. The molecule has 0 aliphatic rings. The molecule has 4 heteroatoms. The SMILES string of the molecule is CCCCCCCCCCCCCCCCCCCCC(=O)OC(CO)COCCCCCCCCCCCCCCCCCC. The average Bonchev–Trinajstić information content (AvgIpc) is 3.06. The zero-order valence-corrected chi connectivity index (χ0v) is 31.6. The number of aliphatic hydroxyl groups excluding tert-OH is 1. The van der Waals surface area contributed by atoms with Gasteiger partial charge in [-0.3, -0.25) is 4.79 Å². The highest BCUT2D eigenvalue weighted by Crippen LogP contribution is 2.16. The molecule has 1 N–H and O–H groups in total. The van der Waals surface area contributed by atoms with Gasteiger partial charge in [0, 0.05) is 13.0 Å². The second kappa shape index (κ2) is 40.6. The quantitative estimate of drug-likeness (QED) is 0.0528. The van der Waals surface area contributed by atoms with Crippen molar-refractivity contribution >= 4 is 5.97 Å². The van der Waals surface area contributed by atoms with Crippen molar-refractivity contribution in [2.24, 2.45) is 0 Å². The summed E-state index contributed by atoms with van der Waals surface area (Å²) in [7, 11) is 0. The predicted molar refractivity (Wildman–Crippen MR) is 201 cm³/mol. The minimum atomic E-state index is -0.524. The van der Waals surface area contributed by atoms with E-state index in [9.17, 15) is 9.90 Å². The Labute approximate surface area is 289 Å². The lowest BCUT2D eigenvalue weighted by atomic mass is 10.0. The van der Waals surface area contributed by atoms with E-state index in [-0.39, 0.29) is 12.6 Å². The molecule has 0 aromatic rings. The predicted octanol–water partition coefficient (Wildman–Crippen LogP) is 13.6. The van der Waals surface area contributed by atoms with Crippen LogP contribution in [0.4, 0.5) is 0 Å². The maximum Gasteiger partial charge on any atom is 0.306 e. The first kappa shape index (κ1) is 45.4. The Morgan fingerprint density at radius 1 is 0.435 bits per heavy atom. The van der Waals surface area contributed by atoms with Gasteiger partial charge in [0.15, 0.2) is 0 Å². The van der Waals surface area contributed by atoms with Crippen LogP contribution in [-0.2, 0) is 14.3 Å². The fourth-order valence-corrected chi connectivity index (χ4v) is 6.51. The van der Waals surface area contributed by atoms with E-state index < -0.39 is 6.10 Å². The van der Waals surface area contributed by atoms with Gasteiger partial charge in [-0.15, -0.1) is 0 Å². The second-order valence-electron chi connectivity index (χ2n) is 14.4. The Balaban J connectivity index is 3.35. The Morgan fingerprint density at radius 3 is 1.02 bits per heavy atom. The third kappa shape index (κ3) is 37.8. The van der Waals surface area contributed by atoms with E-state index in [4.69, 9.17) is 9.47 Å². The van der Waals surface area contributed by atoms with Crippen LogP contribution in [0.2, 0.25) is 0 Å². The lowest BCUT2D eigenvalue weighted by Crippen LogP contribution is -2.27. The van der Waals surface area contributed by atoms with Gasteiger partial charge >= 0.3 is 5.97 Å². The molecule has 4 nitrogen and oxygen atoms in total. The van der Waals surface area contributed by atoms with Gasteiger partial charge < -0.3 is 14.6 Å². The molecule has 1 unspecified atom stereocenters. The Morgan fingerprint density at radius 2 is 0.717 bits per heavy atom. The zero-order valence-electron chi connectivity index (χ0n) is 31.6. The van der Waals surface area contributed by atoms with E-state index in [2.05, 4.69) is 13.8 Å². The summed E-state index contributed by atoms with van der Waals surface area (Å²) in [5, 5.41) is 9.59. The topological polar surface area (TPSA) is 55.8 Å². The number of rotatable bonds is 40. The molecule has 0 saturated carbocycles. The number of carbonyl (C=O) groups is 1. The Kier molecular flexibility index (Phi) is 40.0. The molecule has 0 aliphatic carbocycles. The third-order valence-corrected chi connectivity index (χ3v) is 9.68. The standard InChI is InChI=1S/C42H84O4/c1-3-5-7-9-11-13-15-17-19-21-22-23-25-27-29-31-33-35-37-42(44)46-41(39-43)40-45-38-36-34-32-30-28-26-24-20-18-16-14-12-10-8-6-4-2/h41,43H,3-40H2,1-2H3. The summed E-state index contributed by atoms with van der Waals surface area (Å²) in [5.74, 6) is -0.193. The fourth-order valence-electron chi connectivity index (χ4n) is 6.51. The first-order valence-corrected chi connectivity index (χ1v) is 21.1. The number of aliphatic hydroxyl groups is 1. The van der Waals surface area contributed by atoms with Gasteiger partial charge in [-0.25, -0.2) is 0 Å². The lowest BCUT2D eigenvalue weighted by molar-refractivity contribution is -0.154. The molecule has 46 heavy (non-hydrogen) atoms. The highest BCUT2D eigenvalue weighted by molar-refractivity contribution is 5.69. The molecular formula is C42H84O4. The molecule has 0 bridgehead atoms. The average molecular weight is 653 g/mol. The minimum Gasteiger partial charge on any atom is -0.457 e. The molecule has 1 atom stereocenters. The molecule has 0 rings (SSSR count). The van der Waals surface area contributed by atoms with Crippen molar-refractivity contribution in [3.63, 3.8) is 0 Å². The molecule has 0 fully saturated rings. The smallest absolute Gasteiger partial charge is 0.306 e. The van der Waals surface area contributed by atoms with E-state index in [1.54, 1.807) is 0 Å². The molecule has 0 amide bonds. The van der Waals surface area contributed by atoms with Crippen LogP contribution in [0.5, 0.6) is 0 Å². The monoisotopic (exact) mass is 653 g/mol. The number of unbranched alkanes of at least 4 members (excludes halogenated alkanes) is 32. The van der Waals surface area contributed by atoms with E-state index in [0.29, 0.717) is 19.6 Å². The molecule has 276 valence electrons. The molecule has 0 spiro atoms. The van der Waals surface area contributed by atoms with E-state index in [1.165, 1.54) is 199 Å². The van der Waals surface area contributed by atoms with Crippen LogP contribution in [0.25, 0.3) is 0 Å². The number of ether oxygens (including phenoxy) is 2. The highest BCUT2D eigenvalue weighted by Gasteiger charge is 2.13. The number of hydrogen-bond acceptors (Lipinski definition) is 4. The molecular weight excluding hydrogens is 568 g/mol. The molecule has 0 heterocycles. The van der Waals surface area contributed by atoms with Gasteiger partial charge in [-0.1, -0.05) is 219 Å². The van der Waals surface area contributed by atoms with E-state index in [1.807, 2.05) is 0 Å². The molecule has 0 aromatic carbocycles. The third-order valence-electron chi connectivity index (χ3n) is 9.68. The van der Waals surface area contributed by atoms with Gasteiger partial charge in [0.1, 0.15) is 6.10 Å². The van der Waals surface area contributed by atoms with Crippen molar-refractivity contribution in [2.75, 3.05) is 19.8 Å². The minimum absolute atomic E-state index is 0.163. The summed E-state index contributed by atoms with van der Waals surface area (Å²) in [6.45, 7) is 5.40. The van der Waals surface area contributed by atoms with Crippen LogP contribution in [-0.4, -0.2) is 37.0 Å². The van der Waals surface area contributed by atoms with Crippen molar-refractivity contribution in [3.05, 3.63) is 0 Å². The van der Waals surface area contributed by atoms with Gasteiger partial charge in [0.25, 0.3) is 0 Å². The van der Waals surface area contributed by atoms with Gasteiger partial charge in [-0.05, 0) is 12.8 Å². The van der Waals surface area contributed by atoms with Crippen LogP contribution in [0.15, 0.2) is 0 Å². The number of esters is 1. The summed E-state index contributed by atoms with van der Waals surface area (Å²) < 4.78 is 11.2. The van der Waals surface area contributed by atoms with Crippen molar-refractivity contribution in [1.82, 2.24) is 0 Å². The maximum atomic E-state index is 12.2. The summed E-state index contributed by atoms with van der Waals surface area (Å²) in [6, 6.07) is 0. The molecule has 0 aliphatic heterocycles. The molecule has 0 aromatic heterocycles. The van der Waals surface area contributed by atoms with Crippen LogP contribution in [0, 0.1) is 0 Å². The van der Waals surface area contributed by atoms with E-state index >= 15 is 0 Å². The number of hydrogen-bond donors (Lipinski definition) is 1. The Bertz CT molecular complexity index is 566. The fraction of sp³-hybridized carbons (Fsp3) is 0.976. The lowest BCUT2D eigenvalue weighted by Gasteiger charge is -2.16. The van der Waals surface area contributed by atoms with Gasteiger partial charge in [0.2, 0.25) is 0 Å². The Hall–Kier alpha value is -0.610.